The number of methoxy groups -OCH3 is 1. The van der Waals surface area contributed by atoms with Crippen molar-refractivity contribution in [3.63, 3.8) is 0 Å². The highest BCUT2D eigenvalue weighted by molar-refractivity contribution is 5.95. The molecule has 2 N–H and O–H groups in total. The summed E-state index contributed by atoms with van der Waals surface area (Å²) in [6.45, 7) is 3.67. The molecule has 2 rings (SSSR count). The van der Waals surface area contributed by atoms with Crippen molar-refractivity contribution in [2.24, 2.45) is 5.92 Å². The van der Waals surface area contributed by atoms with Crippen LogP contribution < -0.4 is 4.74 Å². The number of carboxylic acid groups (broad SMARTS) is 2. The predicted octanol–water partition coefficient (Wildman–Crippen LogP) is 1.74. The number of ether oxygens (including phenoxy) is 1. The Hall–Kier alpha value is -2.04. The van der Waals surface area contributed by atoms with Gasteiger partial charge in [0.15, 0.2) is 0 Å². The van der Waals surface area contributed by atoms with E-state index in [2.05, 4.69) is 0 Å². The number of benzene rings is 1. The number of hydrogen-bond donors (Lipinski definition) is 2. The first kappa shape index (κ1) is 13.4. The lowest BCUT2D eigenvalue weighted by molar-refractivity contribution is -0.145. The second-order valence-electron chi connectivity index (χ2n) is 5.03. The number of aliphatic carboxylic acids is 2. The summed E-state index contributed by atoms with van der Waals surface area (Å²) in [5, 5.41) is 18.6. The van der Waals surface area contributed by atoms with E-state index in [9.17, 15) is 14.7 Å². The maximum Gasteiger partial charge on any atom is 0.315 e. The molecular formula is C14H16O5. The van der Waals surface area contributed by atoms with E-state index in [0.717, 1.165) is 11.1 Å². The van der Waals surface area contributed by atoms with Crippen LogP contribution in [-0.4, -0.2) is 29.3 Å². The molecule has 1 saturated carbocycles. The third-order valence-electron chi connectivity index (χ3n) is 3.74. The van der Waals surface area contributed by atoms with Crippen LogP contribution in [0.1, 0.15) is 23.1 Å². The minimum absolute atomic E-state index is 0.108. The normalized spacial score (nSPS) is 24.9. The smallest absolute Gasteiger partial charge is 0.315 e. The van der Waals surface area contributed by atoms with Crippen molar-refractivity contribution >= 4 is 11.9 Å². The standard InChI is InChI=1S/C14H16O5/c1-7-4-8(2)11(19-3)9(5-7)14(13(17)18)6-10(14)12(15)16/h4-5,10H,6H2,1-3H3,(H,15,16)(H,17,18). The number of hydrogen-bond acceptors (Lipinski definition) is 3. The van der Waals surface area contributed by atoms with Gasteiger partial charge in [-0.1, -0.05) is 17.7 Å². The first-order valence-corrected chi connectivity index (χ1v) is 5.96. The van der Waals surface area contributed by atoms with E-state index in [1.807, 2.05) is 19.9 Å². The minimum atomic E-state index is -1.35. The van der Waals surface area contributed by atoms with Gasteiger partial charge in [-0.25, -0.2) is 0 Å². The van der Waals surface area contributed by atoms with Crippen LogP contribution in [0, 0.1) is 19.8 Å². The summed E-state index contributed by atoms with van der Waals surface area (Å²) in [4.78, 5) is 22.7. The Balaban J connectivity index is 2.63. The maximum absolute atomic E-state index is 11.6. The van der Waals surface area contributed by atoms with Crippen molar-refractivity contribution < 1.29 is 24.5 Å². The largest absolute Gasteiger partial charge is 0.496 e. The zero-order chi connectivity index (χ0) is 14.4. The number of aryl methyl sites for hydroxylation is 2. The van der Waals surface area contributed by atoms with Crippen molar-refractivity contribution in [2.75, 3.05) is 7.11 Å². The molecule has 0 saturated heterocycles. The number of rotatable bonds is 4. The third-order valence-corrected chi connectivity index (χ3v) is 3.74. The van der Waals surface area contributed by atoms with Gasteiger partial charge in [0.1, 0.15) is 11.2 Å². The highest BCUT2D eigenvalue weighted by Crippen LogP contribution is 2.57. The van der Waals surface area contributed by atoms with E-state index in [4.69, 9.17) is 9.84 Å². The average molecular weight is 264 g/mol. The van der Waals surface area contributed by atoms with Crippen molar-refractivity contribution in [3.8, 4) is 5.75 Å². The van der Waals surface area contributed by atoms with E-state index < -0.39 is 23.3 Å². The molecule has 0 aliphatic heterocycles. The number of carbonyl (C=O) groups is 2. The molecule has 102 valence electrons. The van der Waals surface area contributed by atoms with E-state index in [-0.39, 0.29) is 6.42 Å². The maximum atomic E-state index is 11.6. The highest BCUT2D eigenvalue weighted by atomic mass is 16.5. The Labute approximate surface area is 110 Å². The second kappa shape index (κ2) is 4.26. The first-order chi connectivity index (χ1) is 8.84. The molecule has 1 aromatic rings. The molecule has 5 nitrogen and oxygen atoms in total. The molecule has 2 atom stereocenters. The third kappa shape index (κ3) is 1.85. The van der Waals surface area contributed by atoms with Crippen LogP contribution in [0.5, 0.6) is 5.75 Å². The van der Waals surface area contributed by atoms with Crippen molar-refractivity contribution in [1.29, 1.82) is 0 Å². The van der Waals surface area contributed by atoms with Gasteiger partial charge in [0.25, 0.3) is 0 Å². The Bertz CT molecular complexity index is 563. The van der Waals surface area contributed by atoms with Crippen LogP contribution >= 0.6 is 0 Å². The molecule has 1 fully saturated rings. The Morgan fingerprint density at radius 3 is 2.37 bits per heavy atom. The lowest BCUT2D eigenvalue weighted by Gasteiger charge is -2.18. The van der Waals surface area contributed by atoms with Gasteiger partial charge >= 0.3 is 11.9 Å². The Morgan fingerprint density at radius 1 is 1.32 bits per heavy atom. The SMILES string of the molecule is COc1c(C)cc(C)cc1C1(C(=O)O)CC1C(=O)O. The fourth-order valence-corrected chi connectivity index (χ4v) is 2.77. The van der Waals surface area contributed by atoms with Gasteiger partial charge in [-0.2, -0.15) is 0 Å². The van der Waals surface area contributed by atoms with Crippen LogP contribution in [0.15, 0.2) is 12.1 Å². The summed E-state index contributed by atoms with van der Waals surface area (Å²) in [5.74, 6) is -2.61. The van der Waals surface area contributed by atoms with Crippen LogP contribution in [0.2, 0.25) is 0 Å². The predicted molar refractivity (Wildman–Crippen MR) is 67.5 cm³/mol. The topological polar surface area (TPSA) is 83.8 Å². The summed E-state index contributed by atoms with van der Waals surface area (Å²) in [6, 6.07) is 3.60. The zero-order valence-corrected chi connectivity index (χ0v) is 11.1. The van der Waals surface area contributed by atoms with Crippen molar-refractivity contribution in [1.82, 2.24) is 0 Å². The van der Waals surface area contributed by atoms with Crippen LogP contribution in [0.25, 0.3) is 0 Å². The average Bonchev–Trinajstić information content (AvgIpc) is 3.04. The van der Waals surface area contributed by atoms with Gasteiger partial charge in [0, 0.05) is 5.56 Å². The van der Waals surface area contributed by atoms with Gasteiger partial charge in [-0.3, -0.25) is 9.59 Å². The fraction of sp³-hybridized carbons (Fsp3) is 0.429. The van der Waals surface area contributed by atoms with E-state index in [1.165, 1.54) is 7.11 Å². The molecule has 2 unspecified atom stereocenters. The van der Waals surface area contributed by atoms with E-state index in [0.29, 0.717) is 11.3 Å². The summed E-state index contributed by atoms with van der Waals surface area (Å²) >= 11 is 0. The zero-order valence-electron chi connectivity index (χ0n) is 11.1. The minimum Gasteiger partial charge on any atom is -0.496 e. The molecule has 5 heteroatoms. The van der Waals surface area contributed by atoms with Crippen molar-refractivity contribution in [2.45, 2.75) is 25.7 Å². The lowest BCUT2D eigenvalue weighted by atomic mass is 9.89. The molecule has 0 amide bonds. The highest BCUT2D eigenvalue weighted by Gasteiger charge is 2.66. The molecule has 19 heavy (non-hydrogen) atoms. The second-order valence-corrected chi connectivity index (χ2v) is 5.03. The van der Waals surface area contributed by atoms with Crippen molar-refractivity contribution in [3.05, 3.63) is 28.8 Å². The molecule has 0 aromatic heterocycles. The Kier molecular flexibility index (Phi) is 3.00. The van der Waals surface area contributed by atoms with Crippen LogP contribution in [-0.2, 0) is 15.0 Å². The molecule has 0 heterocycles. The summed E-state index contributed by atoms with van der Waals surface area (Å²) in [6.07, 6.45) is 0.108. The molecule has 0 spiro atoms. The molecule has 1 aromatic carbocycles. The number of carboxylic acids is 2. The molecular weight excluding hydrogens is 248 g/mol. The van der Waals surface area contributed by atoms with Gasteiger partial charge in [-0.15, -0.1) is 0 Å². The lowest BCUT2D eigenvalue weighted by Crippen LogP contribution is -2.26. The quantitative estimate of drug-likeness (QED) is 0.865. The van der Waals surface area contributed by atoms with Crippen LogP contribution in [0.4, 0.5) is 0 Å². The van der Waals surface area contributed by atoms with Crippen LogP contribution in [0.3, 0.4) is 0 Å². The van der Waals surface area contributed by atoms with Gasteiger partial charge in [0.05, 0.1) is 13.0 Å². The molecule has 1 aliphatic rings. The summed E-state index contributed by atoms with van der Waals surface area (Å²) in [7, 11) is 1.47. The Morgan fingerprint density at radius 2 is 1.95 bits per heavy atom. The van der Waals surface area contributed by atoms with E-state index >= 15 is 0 Å². The fourth-order valence-electron chi connectivity index (χ4n) is 2.77. The molecule has 1 aliphatic carbocycles. The molecule has 0 bridgehead atoms. The van der Waals surface area contributed by atoms with Gasteiger partial charge in [-0.05, 0) is 25.8 Å². The monoisotopic (exact) mass is 264 g/mol. The summed E-state index contributed by atoms with van der Waals surface area (Å²) in [5.41, 5.74) is 0.819. The summed E-state index contributed by atoms with van der Waals surface area (Å²) < 4.78 is 5.28. The van der Waals surface area contributed by atoms with Gasteiger partial charge < -0.3 is 14.9 Å². The first-order valence-electron chi connectivity index (χ1n) is 5.96. The van der Waals surface area contributed by atoms with Gasteiger partial charge in [0.2, 0.25) is 0 Å². The molecule has 0 radical (unpaired) electrons. The van der Waals surface area contributed by atoms with E-state index in [1.54, 1.807) is 6.07 Å².